The first-order valence-corrected chi connectivity index (χ1v) is 10.3. The van der Waals surface area contributed by atoms with Gasteiger partial charge in [0.25, 0.3) is 11.7 Å². The van der Waals surface area contributed by atoms with Crippen LogP contribution in [0.3, 0.4) is 0 Å². The number of rotatable bonds is 6. The second-order valence-corrected chi connectivity index (χ2v) is 7.52. The van der Waals surface area contributed by atoms with Gasteiger partial charge in [-0.15, -0.1) is 0 Å². The molecular formula is C23H21N3O6. The van der Waals surface area contributed by atoms with Crippen LogP contribution in [-0.4, -0.2) is 51.0 Å². The predicted molar refractivity (Wildman–Crippen MR) is 112 cm³/mol. The number of imidazole rings is 1. The SMILES string of the molecule is O=C1C(=O)N(CCCn2ccnc2)[C@@H](c2ccco2)C1=C(O)c1ccc2c(c1)OCCO2. The molecule has 9 heteroatoms. The van der Waals surface area contributed by atoms with Crippen LogP contribution in [-0.2, 0) is 16.1 Å². The number of carbonyl (C=O) groups excluding carboxylic acids is 2. The van der Waals surface area contributed by atoms with Gasteiger partial charge in [-0.3, -0.25) is 9.59 Å². The quantitative estimate of drug-likeness (QED) is 0.360. The molecule has 2 aliphatic rings. The zero-order valence-corrected chi connectivity index (χ0v) is 17.1. The zero-order chi connectivity index (χ0) is 22.1. The maximum atomic E-state index is 13.0. The van der Waals surface area contributed by atoms with E-state index in [1.165, 1.54) is 11.2 Å². The molecule has 0 bridgehead atoms. The zero-order valence-electron chi connectivity index (χ0n) is 17.1. The number of ketones is 1. The third-order valence-corrected chi connectivity index (χ3v) is 5.54. The van der Waals surface area contributed by atoms with Crippen molar-refractivity contribution < 1.29 is 28.6 Å². The van der Waals surface area contributed by atoms with Gasteiger partial charge in [0.2, 0.25) is 0 Å². The first-order chi connectivity index (χ1) is 15.6. The number of furan rings is 1. The molecule has 3 aromatic rings. The minimum atomic E-state index is -0.819. The van der Waals surface area contributed by atoms with Crippen LogP contribution in [0.5, 0.6) is 11.5 Å². The fraction of sp³-hybridized carbons (Fsp3) is 0.261. The lowest BCUT2D eigenvalue weighted by molar-refractivity contribution is -0.140. The number of fused-ring (bicyclic) bond motifs is 1. The second-order valence-electron chi connectivity index (χ2n) is 7.52. The minimum Gasteiger partial charge on any atom is -0.507 e. The van der Waals surface area contributed by atoms with E-state index in [2.05, 4.69) is 4.98 Å². The molecule has 0 radical (unpaired) electrons. The number of likely N-dealkylation sites (tertiary alicyclic amines) is 1. The third-order valence-electron chi connectivity index (χ3n) is 5.54. The Hall–Kier alpha value is -4.01. The van der Waals surface area contributed by atoms with Gasteiger partial charge in [0.05, 0.1) is 18.2 Å². The van der Waals surface area contributed by atoms with E-state index in [4.69, 9.17) is 13.9 Å². The Labute approximate surface area is 183 Å². The number of hydrogen-bond donors (Lipinski definition) is 1. The Morgan fingerprint density at radius 1 is 1.12 bits per heavy atom. The highest BCUT2D eigenvalue weighted by Gasteiger charge is 2.47. The molecule has 4 heterocycles. The number of amides is 1. The average Bonchev–Trinajstić information content (AvgIpc) is 3.57. The van der Waals surface area contributed by atoms with E-state index in [1.807, 2.05) is 10.8 Å². The molecule has 1 fully saturated rings. The van der Waals surface area contributed by atoms with Gasteiger partial charge < -0.3 is 28.5 Å². The number of aryl methyl sites for hydroxylation is 1. The minimum absolute atomic E-state index is 0.00995. The molecule has 1 N–H and O–H groups in total. The molecule has 2 aliphatic heterocycles. The smallest absolute Gasteiger partial charge is 0.295 e. The van der Waals surface area contributed by atoms with Crippen LogP contribution < -0.4 is 9.47 Å². The number of hydrogen-bond acceptors (Lipinski definition) is 7. The van der Waals surface area contributed by atoms with Crippen molar-refractivity contribution in [1.82, 2.24) is 14.5 Å². The number of benzene rings is 1. The van der Waals surface area contributed by atoms with Crippen molar-refractivity contribution >= 4 is 17.4 Å². The molecule has 1 saturated heterocycles. The van der Waals surface area contributed by atoms with Crippen LogP contribution in [0, 0.1) is 0 Å². The molecule has 0 spiro atoms. The van der Waals surface area contributed by atoms with E-state index >= 15 is 0 Å². The van der Waals surface area contributed by atoms with Crippen molar-refractivity contribution in [2.45, 2.75) is 19.0 Å². The fourth-order valence-corrected chi connectivity index (χ4v) is 4.04. The molecule has 1 aromatic carbocycles. The third kappa shape index (κ3) is 3.51. The highest BCUT2D eigenvalue weighted by Crippen LogP contribution is 2.41. The van der Waals surface area contributed by atoms with Gasteiger partial charge in [0.1, 0.15) is 30.8 Å². The number of carbonyl (C=O) groups is 2. The monoisotopic (exact) mass is 435 g/mol. The summed E-state index contributed by atoms with van der Waals surface area (Å²) < 4.78 is 18.6. The number of aliphatic hydroxyl groups is 1. The number of Topliss-reactive ketones (excluding diaryl/α,β-unsaturated/α-hetero) is 1. The van der Waals surface area contributed by atoms with E-state index in [1.54, 1.807) is 42.9 Å². The van der Waals surface area contributed by atoms with Gasteiger partial charge in [0.15, 0.2) is 11.5 Å². The topological polar surface area (TPSA) is 107 Å². The summed E-state index contributed by atoms with van der Waals surface area (Å²) in [7, 11) is 0. The van der Waals surface area contributed by atoms with Crippen molar-refractivity contribution in [3.63, 3.8) is 0 Å². The van der Waals surface area contributed by atoms with Gasteiger partial charge in [-0.1, -0.05) is 0 Å². The summed E-state index contributed by atoms with van der Waals surface area (Å²) in [6.07, 6.45) is 7.29. The highest BCUT2D eigenvalue weighted by molar-refractivity contribution is 6.46. The van der Waals surface area contributed by atoms with E-state index in [-0.39, 0.29) is 11.3 Å². The van der Waals surface area contributed by atoms with Gasteiger partial charge in [-0.25, -0.2) is 4.98 Å². The van der Waals surface area contributed by atoms with Crippen molar-refractivity contribution in [2.24, 2.45) is 0 Å². The second kappa shape index (κ2) is 8.26. The summed E-state index contributed by atoms with van der Waals surface area (Å²) in [5.41, 5.74) is 0.353. The van der Waals surface area contributed by atoms with Crippen LogP contribution >= 0.6 is 0 Å². The molecule has 0 unspecified atom stereocenters. The maximum absolute atomic E-state index is 13.0. The van der Waals surface area contributed by atoms with Crippen molar-refractivity contribution in [3.05, 3.63) is 72.2 Å². The summed E-state index contributed by atoms with van der Waals surface area (Å²) in [5.74, 6) is -0.248. The van der Waals surface area contributed by atoms with E-state index in [9.17, 15) is 14.7 Å². The summed E-state index contributed by atoms with van der Waals surface area (Å²) in [4.78, 5) is 31.4. The van der Waals surface area contributed by atoms with Crippen molar-refractivity contribution in [1.29, 1.82) is 0 Å². The molecule has 0 saturated carbocycles. The molecule has 9 nitrogen and oxygen atoms in total. The van der Waals surface area contributed by atoms with Crippen LogP contribution in [0.2, 0.25) is 0 Å². The van der Waals surface area contributed by atoms with E-state index in [0.717, 1.165) is 0 Å². The fourth-order valence-electron chi connectivity index (χ4n) is 4.04. The van der Waals surface area contributed by atoms with Crippen LogP contribution in [0.1, 0.15) is 23.8 Å². The first kappa shape index (κ1) is 19.9. The number of aliphatic hydroxyl groups excluding tert-OH is 1. The van der Waals surface area contributed by atoms with Crippen molar-refractivity contribution in [3.8, 4) is 11.5 Å². The summed E-state index contributed by atoms with van der Waals surface area (Å²) in [6, 6.07) is 7.47. The Balaban J connectivity index is 1.49. The molecule has 32 heavy (non-hydrogen) atoms. The molecule has 2 aromatic heterocycles. The Morgan fingerprint density at radius 2 is 1.97 bits per heavy atom. The average molecular weight is 435 g/mol. The summed E-state index contributed by atoms with van der Waals surface area (Å²) >= 11 is 0. The standard InChI is InChI=1S/C23H21N3O6/c27-21(15-4-5-16-18(13-15)32-12-11-31-16)19-20(17-3-1-10-30-17)26(23(29)22(19)28)8-2-7-25-9-6-24-14-25/h1,3-6,9-10,13-14,20,27H,2,7-8,11-12H2/t20-/m0/s1. The number of nitrogens with zero attached hydrogens (tertiary/aromatic N) is 3. The van der Waals surface area contributed by atoms with Crippen LogP contribution in [0.25, 0.3) is 5.76 Å². The predicted octanol–water partition coefficient (Wildman–Crippen LogP) is 2.76. The molecule has 1 amide bonds. The van der Waals surface area contributed by atoms with Gasteiger partial charge in [-0.05, 0) is 36.8 Å². The summed E-state index contributed by atoms with van der Waals surface area (Å²) in [6.45, 7) is 1.79. The van der Waals surface area contributed by atoms with Crippen LogP contribution in [0.15, 0.2) is 65.3 Å². The number of aromatic nitrogens is 2. The normalized spacial score (nSPS) is 19.5. The molecule has 0 aliphatic carbocycles. The lowest BCUT2D eigenvalue weighted by Crippen LogP contribution is -2.31. The Bertz CT molecular complexity index is 1170. The van der Waals surface area contributed by atoms with Gasteiger partial charge in [-0.2, -0.15) is 0 Å². The lowest BCUT2D eigenvalue weighted by Gasteiger charge is -2.23. The van der Waals surface area contributed by atoms with Crippen LogP contribution in [0.4, 0.5) is 0 Å². The lowest BCUT2D eigenvalue weighted by atomic mass is 9.99. The molecule has 1 atom stereocenters. The van der Waals surface area contributed by atoms with E-state index < -0.39 is 17.7 Å². The molecule has 164 valence electrons. The number of ether oxygens (including phenoxy) is 2. The van der Waals surface area contributed by atoms with Crippen molar-refractivity contribution in [2.75, 3.05) is 19.8 Å². The largest absolute Gasteiger partial charge is 0.507 e. The highest BCUT2D eigenvalue weighted by atomic mass is 16.6. The Kier molecular flexibility index (Phi) is 5.14. The summed E-state index contributed by atoms with van der Waals surface area (Å²) in [5, 5.41) is 11.1. The van der Waals surface area contributed by atoms with Gasteiger partial charge in [0, 0.05) is 31.0 Å². The van der Waals surface area contributed by atoms with Gasteiger partial charge >= 0.3 is 0 Å². The van der Waals surface area contributed by atoms with E-state index in [0.29, 0.717) is 55.5 Å². The molecular weight excluding hydrogens is 414 g/mol. The maximum Gasteiger partial charge on any atom is 0.295 e. The molecule has 5 rings (SSSR count). The first-order valence-electron chi connectivity index (χ1n) is 10.3. The Morgan fingerprint density at radius 3 is 2.72 bits per heavy atom.